The molecule has 1 aromatic rings. The van der Waals surface area contributed by atoms with Crippen molar-refractivity contribution in [3.05, 3.63) is 29.8 Å². The fraction of sp³-hybridized carbons (Fsp3) is 0.647. The summed E-state index contributed by atoms with van der Waals surface area (Å²) in [5.41, 5.74) is 1.20. The quantitative estimate of drug-likeness (QED) is 0.772. The van der Waals surface area contributed by atoms with Crippen molar-refractivity contribution in [3.63, 3.8) is 0 Å². The van der Waals surface area contributed by atoms with E-state index in [0.717, 1.165) is 18.0 Å². The molecule has 0 amide bonds. The van der Waals surface area contributed by atoms with Crippen LogP contribution in [0.5, 0.6) is 5.75 Å². The summed E-state index contributed by atoms with van der Waals surface area (Å²) < 4.78 is 5.84. The van der Waals surface area contributed by atoms with Crippen LogP contribution in [-0.2, 0) is 5.54 Å². The van der Waals surface area contributed by atoms with Gasteiger partial charge in [0.05, 0.1) is 7.11 Å². The third-order valence-electron chi connectivity index (χ3n) is 3.68. The Kier molecular flexibility index (Phi) is 5.96. The number of benzene rings is 1. The summed E-state index contributed by atoms with van der Waals surface area (Å²) in [6.45, 7) is 12.4. The average molecular weight is 295 g/mol. The molecule has 0 aliphatic heterocycles. The predicted octanol–water partition coefficient (Wildman–Crippen LogP) is 4.39. The number of rotatable bonds is 6. The van der Waals surface area contributed by atoms with Gasteiger partial charge in [-0.2, -0.15) is 11.8 Å². The van der Waals surface area contributed by atoms with Gasteiger partial charge in [0.15, 0.2) is 0 Å². The first-order valence-corrected chi connectivity index (χ1v) is 8.16. The molecule has 0 spiro atoms. The zero-order chi connectivity index (χ0) is 15.4. The van der Waals surface area contributed by atoms with Crippen molar-refractivity contribution in [3.8, 4) is 5.75 Å². The number of para-hydroxylation sites is 1. The Morgan fingerprint density at radius 2 is 1.70 bits per heavy atom. The van der Waals surface area contributed by atoms with Gasteiger partial charge in [-0.05, 0) is 27.0 Å². The Morgan fingerprint density at radius 3 is 2.25 bits per heavy atom. The lowest BCUT2D eigenvalue weighted by atomic mass is 9.92. The topological polar surface area (TPSA) is 12.5 Å². The highest BCUT2D eigenvalue weighted by Gasteiger charge is 2.28. The van der Waals surface area contributed by atoms with Crippen LogP contribution in [0, 0.1) is 0 Å². The number of hydrogen-bond acceptors (Lipinski definition) is 3. The van der Waals surface area contributed by atoms with Crippen LogP contribution >= 0.6 is 11.8 Å². The van der Waals surface area contributed by atoms with E-state index in [9.17, 15) is 0 Å². The van der Waals surface area contributed by atoms with Crippen LogP contribution < -0.4 is 4.74 Å². The van der Waals surface area contributed by atoms with Gasteiger partial charge in [0.2, 0.25) is 0 Å². The fourth-order valence-corrected chi connectivity index (χ4v) is 3.10. The highest BCUT2D eigenvalue weighted by Crippen LogP contribution is 2.34. The minimum absolute atomic E-state index is 0.0367. The van der Waals surface area contributed by atoms with Gasteiger partial charge in [-0.1, -0.05) is 39.0 Å². The Bertz CT molecular complexity index is 423. The average Bonchev–Trinajstić information content (AvgIpc) is 2.37. The van der Waals surface area contributed by atoms with E-state index in [1.807, 2.05) is 23.9 Å². The van der Waals surface area contributed by atoms with Crippen LogP contribution in [0.3, 0.4) is 0 Å². The van der Waals surface area contributed by atoms with E-state index in [4.69, 9.17) is 4.74 Å². The first-order chi connectivity index (χ1) is 9.18. The maximum atomic E-state index is 5.51. The van der Waals surface area contributed by atoms with Gasteiger partial charge in [0.25, 0.3) is 0 Å². The van der Waals surface area contributed by atoms with Gasteiger partial charge < -0.3 is 4.74 Å². The molecule has 0 unspecified atom stereocenters. The van der Waals surface area contributed by atoms with Crippen molar-refractivity contribution in [2.75, 3.05) is 26.5 Å². The molecule has 0 saturated heterocycles. The summed E-state index contributed by atoms with van der Waals surface area (Å²) in [5, 5.41) is 0. The van der Waals surface area contributed by atoms with Crippen LogP contribution in [0.1, 0.15) is 40.2 Å². The smallest absolute Gasteiger partial charge is 0.123 e. The fourth-order valence-electron chi connectivity index (χ4n) is 2.12. The third kappa shape index (κ3) is 4.71. The van der Waals surface area contributed by atoms with E-state index in [1.165, 1.54) is 5.56 Å². The number of hydrogen-bond donors (Lipinski definition) is 0. The number of nitrogens with zero attached hydrogens (tertiary/aromatic N) is 1. The standard InChI is InChI=1S/C17H29NOS/c1-16(2,3)20-13-12-18(6)17(4,5)14-10-8-9-11-15(14)19-7/h8-11H,12-13H2,1-7H3. The Morgan fingerprint density at radius 1 is 1.10 bits per heavy atom. The molecule has 0 aliphatic rings. The van der Waals surface area contributed by atoms with Gasteiger partial charge >= 0.3 is 0 Å². The van der Waals surface area contributed by atoms with Crippen molar-refractivity contribution in [2.45, 2.75) is 44.9 Å². The molecule has 0 bridgehead atoms. The van der Waals surface area contributed by atoms with Gasteiger partial charge in [0.1, 0.15) is 5.75 Å². The van der Waals surface area contributed by atoms with Crippen LogP contribution in [0.25, 0.3) is 0 Å². The molecule has 0 aromatic heterocycles. The van der Waals surface area contributed by atoms with Crippen molar-refractivity contribution >= 4 is 11.8 Å². The molecule has 2 nitrogen and oxygen atoms in total. The number of ether oxygens (including phenoxy) is 1. The Hall–Kier alpha value is -0.670. The molecule has 0 saturated carbocycles. The zero-order valence-electron chi connectivity index (χ0n) is 14.0. The molecule has 3 heteroatoms. The SMILES string of the molecule is COc1ccccc1C(C)(C)N(C)CCSC(C)(C)C. The molecule has 0 N–H and O–H groups in total. The van der Waals surface area contributed by atoms with Crippen molar-refractivity contribution in [2.24, 2.45) is 0 Å². The lowest BCUT2D eigenvalue weighted by Crippen LogP contribution is -2.40. The minimum atomic E-state index is -0.0367. The van der Waals surface area contributed by atoms with Crippen LogP contribution in [-0.4, -0.2) is 36.1 Å². The molecule has 1 rings (SSSR count). The predicted molar refractivity (Wildman–Crippen MR) is 90.9 cm³/mol. The minimum Gasteiger partial charge on any atom is -0.496 e. The van der Waals surface area contributed by atoms with E-state index in [0.29, 0.717) is 4.75 Å². The molecule has 114 valence electrons. The van der Waals surface area contributed by atoms with Crippen molar-refractivity contribution < 1.29 is 4.74 Å². The van der Waals surface area contributed by atoms with Gasteiger partial charge in [0, 0.05) is 28.1 Å². The lowest BCUT2D eigenvalue weighted by molar-refractivity contribution is 0.162. The molecular weight excluding hydrogens is 266 g/mol. The highest BCUT2D eigenvalue weighted by molar-refractivity contribution is 8.00. The second kappa shape index (κ2) is 6.86. The zero-order valence-corrected chi connectivity index (χ0v) is 14.8. The molecule has 0 heterocycles. The molecule has 0 fully saturated rings. The summed E-state index contributed by atoms with van der Waals surface area (Å²) >= 11 is 2.01. The van der Waals surface area contributed by atoms with Crippen LogP contribution in [0.4, 0.5) is 0 Å². The van der Waals surface area contributed by atoms with Gasteiger partial charge in [-0.15, -0.1) is 0 Å². The first-order valence-electron chi connectivity index (χ1n) is 7.17. The van der Waals surface area contributed by atoms with E-state index in [1.54, 1.807) is 7.11 Å². The second-order valence-corrected chi connectivity index (χ2v) is 8.56. The van der Waals surface area contributed by atoms with E-state index >= 15 is 0 Å². The molecule has 1 aromatic carbocycles. The summed E-state index contributed by atoms with van der Waals surface area (Å²) in [5.74, 6) is 2.10. The molecule has 0 aliphatic carbocycles. The molecule has 0 radical (unpaired) electrons. The highest BCUT2D eigenvalue weighted by atomic mass is 32.2. The van der Waals surface area contributed by atoms with Crippen molar-refractivity contribution in [1.29, 1.82) is 0 Å². The molecular formula is C17H29NOS. The summed E-state index contributed by atoms with van der Waals surface area (Å²) in [4.78, 5) is 2.41. The second-order valence-electron chi connectivity index (χ2n) is 6.64. The van der Waals surface area contributed by atoms with E-state index in [2.05, 4.69) is 58.7 Å². The van der Waals surface area contributed by atoms with Gasteiger partial charge in [-0.3, -0.25) is 4.90 Å². The maximum absolute atomic E-state index is 5.51. The van der Waals surface area contributed by atoms with Gasteiger partial charge in [-0.25, -0.2) is 0 Å². The molecule has 0 atom stereocenters. The lowest BCUT2D eigenvalue weighted by Gasteiger charge is -2.37. The number of thioether (sulfide) groups is 1. The normalized spacial score (nSPS) is 12.8. The summed E-state index contributed by atoms with van der Waals surface area (Å²) in [6.07, 6.45) is 0. The first kappa shape index (κ1) is 17.4. The van der Waals surface area contributed by atoms with E-state index < -0.39 is 0 Å². The maximum Gasteiger partial charge on any atom is 0.123 e. The third-order valence-corrected chi connectivity index (χ3v) is 4.93. The summed E-state index contributed by atoms with van der Waals surface area (Å²) in [6, 6.07) is 8.30. The monoisotopic (exact) mass is 295 g/mol. The Balaban J connectivity index is 2.76. The largest absolute Gasteiger partial charge is 0.496 e. The van der Waals surface area contributed by atoms with Crippen LogP contribution in [0.15, 0.2) is 24.3 Å². The Labute approximate surface area is 128 Å². The number of methoxy groups -OCH3 is 1. The van der Waals surface area contributed by atoms with Crippen molar-refractivity contribution in [1.82, 2.24) is 4.90 Å². The molecule has 20 heavy (non-hydrogen) atoms. The van der Waals surface area contributed by atoms with E-state index in [-0.39, 0.29) is 5.54 Å². The van der Waals surface area contributed by atoms with Crippen LogP contribution in [0.2, 0.25) is 0 Å². The summed E-state index contributed by atoms with van der Waals surface area (Å²) in [7, 11) is 3.93.